The molecule has 1 rings (SSSR count). The first-order valence-electron chi connectivity index (χ1n) is 6.00. The van der Waals surface area contributed by atoms with E-state index in [1.165, 1.54) is 0 Å². The lowest BCUT2D eigenvalue weighted by atomic mass is 10.1. The van der Waals surface area contributed by atoms with Gasteiger partial charge in [-0.05, 0) is 5.56 Å². The topological polar surface area (TPSA) is 45.5 Å². The van der Waals surface area contributed by atoms with Gasteiger partial charge in [-0.2, -0.15) is 5.26 Å². The number of hydrogen-bond acceptors (Lipinski definition) is 4. The second-order valence-corrected chi connectivity index (χ2v) is 3.96. The van der Waals surface area contributed by atoms with Crippen LogP contribution in [0.5, 0.6) is 0 Å². The summed E-state index contributed by atoms with van der Waals surface area (Å²) in [4.78, 5) is 2.07. The van der Waals surface area contributed by atoms with Crippen LogP contribution in [-0.2, 0) is 9.47 Å². The van der Waals surface area contributed by atoms with Crippen LogP contribution in [0.4, 0.5) is 0 Å². The zero-order valence-electron chi connectivity index (χ0n) is 11.0. The largest absolute Gasteiger partial charge is 0.383 e. The standard InChI is InChI=1S/C14H20N2O2/c1-17-10-8-16(9-11-18-2)14(12-15)13-6-4-3-5-7-13/h3-7,14H,8-11H2,1-2H3. The van der Waals surface area contributed by atoms with Crippen LogP contribution in [-0.4, -0.2) is 45.4 Å². The predicted octanol–water partition coefficient (Wildman–Crippen LogP) is 1.85. The second kappa shape index (κ2) is 8.65. The molecule has 0 aliphatic heterocycles. The van der Waals surface area contributed by atoms with Crippen LogP contribution in [0.1, 0.15) is 11.6 Å². The van der Waals surface area contributed by atoms with Gasteiger partial charge in [-0.15, -0.1) is 0 Å². The van der Waals surface area contributed by atoms with E-state index < -0.39 is 0 Å². The lowest BCUT2D eigenvalue weighted by Crippen LogP contribution is -2.34. The highest BCUT2D eigenvalue weighted by molar-refractivity contribution is 5.24. The van der Waals surface area contributed by atoms with Crippen molar-refractivity contribution in [2.75, 3.05) is 40.5 Å². The number of nitrogens with zero attached hydrogens (tertiary/aromatic N) is 2. The summed E-state index contributed by atoms with van der Waals surface area (Å²) in [6.07, 6.45) is 0. The molecular weight excluding hydrogens is 228 g/mol. The number of methoxy groups -OCH3 is 2. The van der Waals surface area contributed by atoms with Crippen molar-refractivity contribution in [3.63, 3.8) is 0 Å². The Morgan fingerprint density at radius 3 is 2.11 bits per heavy atom. The van der Waals surface area contributed by atoms with Gasteiger partial charge in [0.1, 0.15) is 6.04 Å². The third kappa shape index (κ3) is 4.46. The van der Waals surface area contributed by atoms with Crippen LogP contribution in [0.2, 0.25) is 0 Å². The molecule has 0 saturated heterocycles. The van der Waals surface area contributed by atoms with Crippen molar-refractivity contribution >= 4 is 0 Å². The van der Waals surface area contributed by atoms with Crippen molar-refractivity contribution in [2.24, 2.45) is 0 Å². The molecule has 1 aromatic rings. The van der Waals surface area contributed by atoms with Gasteiger partial charge in [-0.25, -0.2) is 0 Å². The van der Waals surface area contributed by atoms with E-state index in [1.54, 1.807) is 14.2 Å². The zero-order chi connectivity index (χ0) is 13.2. The number of nitriles is 1. The molecule has 0 saturated carbocycles. The van der Waals surface area contributed by atoms with Crippen LogP contribution in [0.3, 0.4) is 0 Å². The Bertz CT molecular complexity index is 354. The lowest BCUT2D eigenvalue weighted by molar-refractivity contribution is 0.101. The molecule has 4 heteroatoms. The quantitative estimate of drug-likeness (QED) is 0.704. The number of hydrogen-bond donors (Lipinski definition) is 0. The van der Waals surface area contributed by atoms with E-state index in [0.717, 1.165) is 5.56 Å². The maximum atomic E-state index is 9.38. The average molecular weight is 248 g/mol. The fourth-order valence-electron chi connectivity index (χ4n) is 1.79. The minimum absolute atomic E-state index is 0.253. The van der Waals surface area contributed by atoms with Crippen molar-refractivity contribution in [1.82, 2.24) is 4.90 Å². The SMILES string of the molecule is COCCN(CCOC)C(C#N)c1ccccc1. The Kier molecular flexibility index (Phi) is 7.04. The van der Waals surface area contributed by atoms with Crippen LogP contribution in [0, 0.1) is 11.3 Å². The molecule has 0 fully saturated rings. The summed E-state index contributed by atoms with van der Waals surface area (Å²) in [5.41, 5.74) is 1.01. The maximum Gasteiger partial charge on any atom is 0.124 e. The molecule has 4 nitrogen and oxygen atoms in total. The van der Waals surface area contributed by atoms with E-state index in [0.29, 0.717) is 26.3 Å². The first kappa shape index (κ1) is 14.7. The van der Waals surface area contributed by atoms with Gasteiger partial charge in [0.25, 0.3) is 0 Å². The first-order chi connectivity index (χ1) is 8.83. The highest BCUT2D eigenvalue weighted by Crippen LogP contribution is 2.19. The highest BCUT2D eigenvalue weighted by Gasteiger charge is 2.19. The van der Waals surface area contributed by atoms with Crippen molar-refractivity contribution in [1.29, 1.82) is 5.26 Å². The normalized spacial score (nSPS) is 12.3. The fourth-order valence-corrected chi connectivity index (χ4v) is 1.79. The fraction of sp³-hybridized carbons (Fsp3) is 0.500. The number of rotatable bonds is 8. The van der Waals surface area contributed by atoms with Crippen molar-refractivity contribution in [2.45, 2.75) is 6.04 Å². The van der Waals surface area contributed by atoms with Crippen molar-refractivity contribution in [3.05, 3.63) is 35.9 Å². The minimum Gasteiger partial charge on any atom is -0.383 e. The number of ether oxygens (including phenoxy) is 2. The molecule has 1 aromatic carbocycles. The van der Waals surface area contributed by atoms with Gasteiger partial charge >= 0.3 is 0 Å². The van der Waals surface area contributed by atoms with Crippen LogP contribution < -0.4 is 0 Å². The van der Waals surface area contributed by atoms with Gasteiger partial charge in [0.15, 0.2) is 0 Å². The molecule has 0 N–H and O–H groups in total. The van der Waals surface area contributed by atoms with Crippen molar-refractivity contribution < 1.29 is 9.47 Å². The molecular formula is C14H20N2O2. The van der Waals surface area contributed by atoms with E-state index in [4.69, 9.17) is 9.47 Å². The second-order valence-electron chi connectivity index (χ2n) is 3.96. The summed E-state index contributed by atoms with van der Waals surface area (Å²) in [6.45, 7) is 2.64. The summed E-state index contributed by atoms with van der Waals surface area (Å²) in [5, 5.41) is 9.38. The van der Waals surface area contributed by atoms with E-state index in [2.05, 4.69) is 11.0 Å². The third-order valence-electron chi connectivity index (χ3n) is 2.77. The van der Waals surface area contributed by atoms with Crippen LogP contribution >= 0.6 is 0 Å². The van der Waals surface area contributed by atoms with Gasteiger partial charge < -0.3 is 9.47 Å². The third-order valence-corrected chi connectivity index (χ3v) is 2.77. The van der Waals surface area contributed by atoms with Gasteiger partial charge in [0, 0.05) is 27.3 Å². The first-order valence-corrected chi connectivity index (χ1v) is 6.00. The summed E-state index contributed by atoms with van der Waals surface area (Å²) >= 11 is 0. The average Bonchev–Trinajstić information content (AvgIpc) is 2.43. The predicted molar refractivity (Wildman–Crippen MR) is 70.1 cm³/mol. The Labute approximate surface area is 109 Å². The van der Waals surface area contributed by atoms with Gasteiger partial charge in [0.2, 0.25) is 0 Å². The monoisotopic (exact) mass is 248 g/mol. The zero-order valence-corrected chi connectivity index (χ0v) is 11.0. The van der Waals surface area contributed by atoms with Gasteiger partial charge in [-0.1, -0.05) is 30.3 Å². The smallest absolute Gasteiger partial charge is 0.124 e. The highest BCUT2D eigenvalue weighted by atomic mass is 16.5. The lowest BCUT2D eigenvalue weighted by Gasteiger charge is -2.26. The Hall–Kier alpha value is -1.41. The molecule has 0 heterocycles. The molecule has 0 aliphatic rings. The van der Waals surface area contributed by atoms with Crippen molar-refractivity contribution in [3.8, 4) is 6.07 Å². The van der Waals surface area contributed by atoms with E-state index in [-0.39, 0.29) is 6.04 Å². The molecule has 18 heavy (non-hydrogen) atoms. The molecule has 1 atom stereocenters. The Morgan fingerprint density at radius 2 is 1.67 bits per heavy atom. The molecule has 98 valence electrons. The molecule has 0 amide bonds. The summed E-state index contributed by atoms with van der Waals surface area (Å²) < 4.78 is 10.2. The van der Waals surface area contributed by atoms with Gasteiger partial charge in [-0.3, -0.25) is 4.90 Å². The molecule has 0 bridgehead atoms. The summed E-state index contributed by atoms with van der Waals surface area (Å²) in [5.74, 6) is 0. The van der Waals surface area contributed by atoms with E-state index in [1.807, 2.05) is 30.3 Å². The summed E-state index contributed by atoms with van der Waals surface area (Å²) in [6, 6.07) is 11.9. The molecule has 1 unspecified atom stereocenters. The molecule has 0 aromatic heterocycles. The van der Waals surface area contributed by atoms with E-state index in [9.17, 15) is 5.26 Å². The minimum atomic E-state index is -0.253. The van der Waals surface area contributed by atoms with E-state index >= 15 is 0 Å². The van der Waals surface area contributed by atoms with Crippen LogP contribution in [0.25, 0.3) is 0 Å². The number of benzene rings is 1. The Balaban J connectivity index is 2.76. The van der Waals surface area contributed by atoms with Crippen LogP contribution in [0.15, 0.2) is 30.3 Å². The molecule has 0 radical (unpaired) electrons. The maximum absolute atomic E-state index is 9.38. The van der Waals surface area contributed by atoms with Gasteiger partial charge in [0.05, 0.1) is 19.3 Å². The Morgan fingerprint density at radius 1 is 1.11 bits per heavy atom. The summed E-state index contributed by atoms with van der Waals surface area (Å²) in [7, 11) is 3.33. The molecule has 0 spiro atoms. The molecule has 0 aliphatic carbocycles.